The van der Waals surface area contributed by atoms with Crippen LogP contribution in [0.15, 0.2) is 11.4 Å². The Bertz CT molecular complexity index is 440. The molecule has 4 heteroatoms. The molecule has 0 aliphatic rings. The second-order valence-corrected chi connectivity index (χ2v) is 5.36. The predicted molar refractivity (Wildman–Crippen MR) is 74.7 cm³/mol. The predicted octanol–water partition coefficient (Wildman–Crippen LogP) is 2.26. The third-order valence-corrected chi connectivity index (χ3v) is 3.24. The molecular formula is C14H19NO2S. The lowest BCUT2D eigenvalue weighted by Crippen LogP contribution is -2.24. The van der Waals surface area contributed by atoms with Crippen LogP contribution in [0, 0.1) is 17.8 Å². The van der Waals surface area contributed by atoms with Gasteiger partial charge in [-0.15, -0.1) is 11.3 Å². The van der Waals surface area contributed by atoms with Gasteiger partial charge in [0, 0.05) is 11.9 Å². The van der Waals surface area contributed by atoms with Crippen LogP contribution in [0.2, 0.25) is 0 Å². The Morgan fingerprint density at radius 2 is 2.33 bits per heavy atom. The molecule has 0 fully saturated rings. The van der Waals surface area contributed by atoms with Crippen LogP contribution in [-0.4, -0.2) is 24.2 Å². The van der Waals surface area contributed by atoms with E-state index in [4.69, 9.17) is 5.11 Å². The molecule has 1 rings (SSSR count). The Hall–Kier alpha value is -1.31. The Balaban J connectivity index is 2.40. The van der Waals surface area contributed by atoms with Crippen LogP contribution in [0.1, 0.15) is 41.9 Å². The molecule has 1 aromatic rings. The van der Waals surface area contributed by atoms with Gasteiger partial charge in [-0.3, -0.25) is 4.79 Å². The number of aliphatic hydroxyl groups is 1. The maximum atomic E-state index is 11.8. The first-order valence-electron chi connectivity index (χ1n) is 6.10. The first-order valence-corrected chi connectivity index (χ1v) is 6.98. The normalized spacial score (nSPS) is 10.0. The van der Waals surface area contributed by atoms with Crippen LogP contribution in [0.25, 0.3) is 0 Å². The second kappa shape index (κ2) is 7.91. The van der Waals surface area contributed by atoms with Crippen molar-refractivity contribution in [1.29, 1.82) is 0 Å². The number of carbonyl (C=O) groups excluding carboxylic acids is 1. The molecule has 0 spiro atoms. The summed E-state index contributed by atoms with van der Waals surface area (Å²) >= 11 is 1.42. The van der Waals surface area contributed by atoms with Gasteiger partial charge in [0.2, 0.25) is 0 Å². The van der Waals surface area contributed by atoms with E-state index in [1.54, 1.807) is 11.4 Å². The van der Waals surface area contributed by atoms with Crippen molar-refractivity contribution in [2.45, 2.75) is 26.7 Å². The highest BCUT2D eigenvalue weighted by Gasteiger charge is 2.07. The number of aliphatic hydroxyl groups excluding tert-OH is 1. The molecule has 1 aromatic heterocycles. The summed E-state index contributed by atoms with van der Waals surface area (Å²) < 4.78 is 0. The molecule has 0 bridgehead atoms. The molecule has 18 heavy (non-hydrogen) atoms. The lowest BCUT2D eigenvalue weighted by atomic mass is 10.1. The summed E-state index contributed by atoms with van der Waals surface area (Å²) in [5, 5.41) is 13.3. The maximum Gasteiger partial charge on any atom is 0.252 e. The Morgan fingerprint density at radius 1 is 1.56 bits per heavy atom. The van der Waals surface area contributed by atoms with Gasteiger partial charge in [0.15, 0.2) is 0 Å². The van der Waals surface area contributed by atoms with Crippen LogP contribution in [0.5, 0.6) is 0 Å². The van der Waals surface area contributed by atoms with Crippen molar-refractivity contribution in [2.75, 3.05) is 13.2 Å². The standard InChI is InChI=1S/C14H19NO2S/c1-11(2)5-3-7-15-14(17)12-9-13(18-10-12)6-4-8-16/h9-11,16H,3,5,7-8H2,1-2H3,(H,15,17). The fraction of sp³-hybridized carbons (Fsp3) is 0.500. The number of thiophene rings is 1. The van der Waals surface area contributed by atoms with E-state index in [0.717, 1.165) is 17.7 Å². The molecule has 0 atom stereocenters. The lowest BCUT2D eigenvalue weighted by molar-refractivity contribution is 0.0953. The van der Waals surface area contributed by atoms with E-state index in [0.29, 0.717) is 18.0 Å². The van der Waals surface area contributed by atoms with Crippen molar-refractivity contribution < 1.29 is 9.90 Å². The summed E-state index contributed by atoms with van der Waals surface area (Å²) in [5.41, 5.74) is 0.645. The van der Waals surface area contributed by atoms with Crippen LogP contribution >= 0.6 is 11.3 Å². The van der Waals surface area contributed by atoms with E-state index in [1.165, 1.54) is 11.3 Å². The zero-order valence-corrected chi connectivity index (χ0v) is 11.6. The van der Waals surface area contributed by atoms with Gasteiger partial charge in [-0.2, -0.15) is 0 Å². The van der Waals surface area contributed by atoms with Crippen LogP contribution in [0.3, 0.4) is 0 Å². The fourth-order valence-electron chi connectivity index (χ4n) is 1.46. The van der Waals surface area contributed by atoms with Crippen LogP contribution in [0.4, 0.5) is 0 Å². The third-order valence-electron chi connectivity index (χ3n) is 2.40. The third kappa shape index (κ3) is 5.35. The van der Waals surface area contributed by atoms with E-state index < -0.39 is 0 Å². The summed E-state index contributed by atoms with van der Waals surface area (Å²) in [6.45, 7) is 4.90. The molecule has 0 unspecified atom stereocenters. The molecule has 0 aliphatic carbocycles. The van der Waals surface area contributed by atoms with Gasteiger partial charge < -0.3 is 10.4 Å². The number of hydrogen-bond donors (Lipinski definition) is 2. The minimum absolute atomic E-state index is 0.0490. The minimum Gasteiger partial charge on any atom is -0.384 e. The van der Waals surface area contributed by atoms with E-state index in [-0.39, 0.29) is 12.5 Å². The van der Waals surface area contributed by atoms with E-state index >= 15 is 0 Å². The van der Waals surface area contributed by atoms with E-state index in [2.05, 4.69) is 31.0 Å². The molecule has 2 N–H and O–H groups in total. The molecule has 1 amide bonds. The smallest absolute Gasteiger partial charge is 0.252 e. The van der Waals surface area contributed by atoms with E-state index in [9.17, 15) is 4.79 Å². The van der Waals surface area contributed by atoms with Crippen LogP contribution < -0.4 is 5.32 Å². The zero-order chi connectivity index (χ0) is 13.4. The summed E-state index contributed by atoms with van der Waals surface area (Å²) in [5.74, 6) is 5.98. The summed E-state index contributed by atoms with van der Waals surface area (Å²) in [7, 11) is 0. The number of amides is 1. The molecule has 0 aliphatic heterocycles. The van der Waals surface area contributed by atoms with Crippen molar-refractivity contribution in [3.05, 3.63) is 21.9 Å². The number of carbonyl (C=O) groups is 1. The summed E-state index contributed by atoms with van der Waals surface area (Å²) in [6, 6.07) is 1.76. The zero-order valence-electron chi connectivity index (χ0n) is 10.8. The first-order chi connectivity index (χ1) is 8.63. The van der Waals surface area contributed by atoms with Crippen molar-refractivity contribution in [3.8, 4) is 11.8 Å². The van der Waals surface area contributed by atoms with Gasteiger partial charge in [-0.1, -0.05) is 25.7 Å². The number of rotatable bonds is 5. The molecule has 3 nitrogen and oxygen atoms in total. The molecular weight excluding hydrogens is 246 g/mol. The number of hydrogen-bond acceptors (Lipinski definition) is 3. The highest BCUT2D eigenvalue weighted by molar-refractivity contribution is 7.10. The molecule has 0 saturated carbocycles. The average molecular weight is 265 g/mol. The lowest BCUT2D eigenvalue weighted by Gasteiger charge is -2.05. The SMILES string of the molecule is CC(C)CCCNC(=O)c1csc(C#CCO)c1. The maximum absolute atomic E-state index is 11.8. The van der Waals surface area contributed by atoms with Crippen molar-refractivity contribution in [1.82, 2.24) is 5.32 Å². The molecule has 0 radical (unpaired) electrons. The van der Waals surface area contributed by atoms with Gasteiger partial charge in [0.05, 0.1) is 10.4 Å². The van der Waals surface area contributed by atoms with Crippen molar-refractivity contribution >= 4 is 17.2 Å². The second-order valence-electron chi connectivity index (χ2n) is 4.45. The molecule has 1 heterocycles. The Kier molecular flexibility index (Phi) is 6.48. The van der Waals surface area contributed by atoms with E-state index in [1.807, 2.05) is 0 Å². The van der Waals surface area contributed by atoms with Crippen LogP contribution in [-0.2, 0) is 0 Å². The molecule has 98 valence electrons. The largest absolute Gasteiger partial charge is 0.384 e. The number of nitrogens with one attached hydrogen (secondary N) is 1. The Morgan fingerprint density at radius 3 is 3.00 bits per heavy atom. The minimum atomic E-state index is -0.158. The molecule has 0 aromatic carbocycles. The fourth-order valence-corrected chi connectivity index (χ4v) is 2.22. The topological polar surface area (TPSA) is 49.3 Å². The molecule has 0 saturated heterocycles. The summed E-state index contributed by atoms with van der Waals surface area (Å²) in [6.07, 6.45) is 2.13. The van der Waals surface area contributed by atoms with Gasteiger partial charge >= 0.3 is 0 Å². The van der Waals surface area contributed by atoms with Gasteiger partial charge in [-0.05, 0) is 24.8 Å². The van der Waals surface area contributed by atoms with Gasteiger partial charge in [0.25, 0.3) is 5.91 Å². The highest BCUT2D eigenvalue weighted by Crippen LogP contribution is 2.13. The quantitative estimate of drug-likeness (QED) is 0.634. The van der Waals surface area contributed by atoms with Crippen molar-refractivity contribution in [2.24, 2.45) is 5.92 Å². The monoisotopic (exact) mass is 265 g/mol. The summed E-state index contributed by atoms with van der Waals surface area (Å²) in [4.78, 5) is 12.6. The highest BCUT2D eigenvalue weighted by atomic mass is 32.1. The van der Waals surface area contributed by atoms with Gasteiger partial charge in [0.1, 0.15) is 6.61 Å². The van der Waals surface area contributed by atoms with Crippen molar-refractivity contribution in [3.63, 3.8) is 0 Å². The first kappa shape index (κ1) is 14.7. The average Bonchev–Trinajstić information content (AvgIpc) is 2.80. The Labute approximate surface area is 112 Å². The van der Waals surface area contributed by atoms with Gasteiger partial charge in [-0.25, -0.2) is 0 Å².